The number of halogens is 1. The second kappa shape index (κ2) is 10.8. The fourth-order valence-corrected chi connectivity index (χ4v) is 7.20. The predicted molar refractivity (Wildman–Crippen MR) is 153 cm³/mol. The Bertz CT molecular complexity index is 1720. The first-order valence-corrected chi connectivity index (χ1v) is 14.7. The molecule has 1 N–H and O–H groups in total. The average Bonchev–Trinajstić information content (AvgIpc) is 3.48. The second-order valence-electron chi connectivity index (χ2n) is 10.7. The summed E-state index contributed by atoms with van der Waals surface area (Å²) in [4.78, 5) is 50.4. The van der Waals surface area contributed by atoms with E-state index < -0.39 is 17.2 Å². The van der Waals surface area contributed by atoms with Crippen molar-refractivity contribution in [1.82, 2.24) is 24.4 Å². The van der Waals surface area contributed by atoms with E-state index in [1.807, 2.05) is 33.6 Å². The maximum absolute atomic E-state index is 15.5. The van der Waals surface area contributed by atoms with Gasteiger partial charge in [0.1, 0.15) is 16.2 Å². The molecule has 1 unspecified atom stereocenters. The van der Waals surface area contributed by atoms with Crippen LogP contribution < -0.4 is 21.5 Å². The lowest BCUT2D eigenvalue weighted by Gasteiger charge is -2.35. The van der Waals surface area contributed by atoms with Crippen molar-refractivity contribution in [2.24, 2.45) is 4.99 Å². The van der Waals surface area contributed by atoms with E-state index in [2.05, 4.69) is 17.3 Å². The Hall–Kier alpha value is -3.57. The minimum absolute atomic E-state index is 0.00958. The van der Waals surface area contributed by atoms with Crippen molar-refractivity contribution < 1.29 is 14.0 Å². The minimum atomic E-state index is -0.438. The Morgan fingerprint density at radius 3 is 2.65 bits per heavy atom. The number of likely N-dealkylation sites (tertiary alicyclic amines) is 1. The SMILES string of the molecule is CC(=O)N1CCN(C2=C(F)CC=c3c(=O)c(C(=O)NCCC4CCCN4C)c4sc5ccccc5n4c3=N2)CC1. The van der Waals surface area contributed by atoms with Gasteiger partial charge in [-0.1, -0.05) is 18.2 Å². The van der Waals surface area contributed by atoms with E-state index in [0.29, 0.717) is 49.1 Å². The molecule has 40 heavy (non-hydrogen) atoms. The maximum atomic E-state index is 15.5. The monoisotopic (exact) mass is 564 g/mol. The van der Waals surface area contributed by atoms with Gasteiger partial charge in [-0.05, 0) is 45.0 Å². The molecule has 210 valence electrons. The molecule has 1 atom stereocenters. The van der Waals surface area contributed by atoms with Crippen LogP contribution in [0.5, 0.6) is 0 Å². The lowest BCUT2D eigenvalue weighted by molar-refractivity contribution is -0.130. The van der Waals surface area contributed by atoms with Gasteiger partial charge < -0.3 is 20.0 Å². The van der Waals surface area contributed by atoms with Gasteiger partial charge in [-0.2, -0.15) is 0 Å². The molecule has 1 aromatic carbocycles. The summed E-state index contributed by atoms with van der Waals surface area (Å²) in [7, 11) is 2.10. The number of fused-ring (bicyclic) bond motifs is 5. The number of aromatic nitrogens is 1. The van der Waals surface area contributed by atoms with Crippen LogP contribution in [0.2, 0.25) is 0 Å². The molecule has 3 aliphatic rings. The molecule has 2 amide bonds. The Labute approximate surface area is 234 Å². The van der Waals surface area contributed by atoms with Gasteiger partial charge >= 0.3 is 0 Å². The zero-order chi connectivity index (χ0) is 28.0. The number of carbonyl (C=O) groups excluding carboxylic acids is 2. The Kier molecular flexibility index (Phi) is 7.18. The average molecular weight is 565 g/mol. The number of para-hydroxylation sites is 1. The highest BCUT2D eigenvalue weighted by Crippen LogP contribution is 2.27. The first-order chi connectivity index (χ1) is 19.3. The van der Waals surface area contributed by atoms with Gasteiger partial charge in [-0.15, -0.1) is 11.3 Å². The molecule has 3 aliphatic heterocycles. The standard InChI is InChI=1S/C29H33FN6O3S/c1-18(37)34-14-16-35(17-15-34)27-21(30)10-9-20-25(38)24(28(39)31-12-11-19-6-5-13-33(19)2)29-36(26(20)32-27)22-7-3-4-8-23(22)40-29/h3-4,7-9,19H,5-6,10-17H2,1-2H3,(H,31,39). The normalized spacial score (nSPS) is 19.9. The molecule has 9 nitrogen and oxygen atoms in total. The number of amides is 2. The van der Waals surface area contributed by atoms with Crippen molar-refractivity contribution in [3.8, 4) is 0 Å². The highest BCUT2D eigenvalue weighted by molar-refractivity contribution is 7.24. The van der Waals surface area contributed by atoms with Gasteiger partial charge in [0.05, 0.1) is 15.4 Å². The first-order valence-electron chi connectivity index (χ1n) is 13.9. The summed E-state index contributed by atoms with van der Waals surface area (Å²) >= 11 is 1.36. The highest BCUT2D eigenvalue weighted by Gasteiger charge is 2.27. The summed E-state index contributed by atoms with van der Waals surface area (Å²) in [5, 5.41) is 3.22. The summed E-state index contributed by atoms with van der Waals surface area (Å²) in [5.41, 5.74) is 0.778. The van der Waals surface area contributed by atoms with Crippen LogP contribution in [-0.2, 0) is 4.79 Å². The molecule has 0 radical (unpaired) electrons. The van der Waals surface area contributed by atoms with Crippen LogP contribution in [0.1, 0.15) is 43.0 Å². The number of carbonyl (C=O) groups is 2. The molecule has 11 heteroatoms. The number of hydrogen-bond donors (Lipinski definition) is 1. The number of pyridine rings is 1. The van der Waals surface area contributed by atoms with Crippen molar-refractivity contribution in [3.05, 3.63) is 62.4 Å². The lowest BCUT2D eigenvalue weighted by Crippen LogP contribution is -2.49. The molecule has 0 aliphatic carbocycles. The molecule has 3 aromatic rings. The molecular weight excluding hydrogens is 531 g/mol. The number of nitrogens with zero attached hydrogens (tertiary/aromatic N) is 5. The number of allylic oxidation sites excluding steroid dienone is 1. The van der Waals surface area contributed by atoms with Crippen LogP contribution in [-0.4, -0.2) is 83.3 Å². The molecular formula is C29H33FN6O3S. The van der Waals surface area contributed by atoms with Gasteiger partial charge in [0.25, 0.3) is 5.91 Å². The zero-order valence-electron chi connectivity index (χ0n) is 22.8. The van der Waals surface area contributed by atoms with Crippen molar-refractivity contribution in [2.45, 2.75) is 38.6 Å². The topological polar surface area (TPSA) is 89.7 Å². The number of piperazine rings is 1. The quantitative estimate of drug-likeness (QED) is 0.511. The van der Waals surface area contributed by atoms with Gasteiger partial charge in [0.2, 0.25) is 11.3 Å². The highest BCUT2D eigenvalue weighted by atomic mass is 32.1. The summed E-state index contributed by atoms with van der Waals surface area (Å²) in [6.07, 6.45) is 4.54. The fraction of sp³-hybridized carbons (Fsp3) is 0.448. The fourth-order valence-electron chi connectivity index (χ4n) is 6.01. The number of rotatable bonds is 5. The molecule has 0 saturated carbocycles. The smallest absolute Gasteiger partial charge is 0.258 e. The van der Waals surface area contributed by atoms with Crippen molar-refractivity contribution in [1.29, 1.82) is 0 Å². The third-order valence-corrected chi connectivity index (χ3v) is 9.43. The zero-order valence-corrected chi connectivity index (χ0v) is 23.6. The van der Waals surface area contributed by atoms with Crippen molar-refractivity contribution in [3.63, 3.8) is 0 Å². The van der Waals surface area contributed by atoms with E-state index in [4.69, 9.17) is 4.99 Å². The Morgan fingerprint density at radius 2 is 1.93 bits per heavy atom. The third-order valence-electron chi connectivity index (χ3n) is 8.28. The van der Waals surface area contributed by atoms with Crippen LogP contribution in [0.25, 0.3) is 21.1 Å². The van der Waals surface area contributed by atoms with Gasteiger partial charge in [-0.25, -0.2) is 9.38 Å². The van der Waals surface area contributed by atoms with Gasteiger partial charge in [-0.3, -0.25) is 18.8 Å². The van der Waals surface area contributed by atoms with E-state index >= 15 is 4.39 Å². The van der Waals surface area contributed by atoms with E-state index in [0.717, 1.165) is 36.0 Å². The molecule has 2 saturated heterocycles. The molecule has 0 spiro atoms. The molecule has 2 aromatic heterocycles. The molecule has 2 fully saturated rings. The van der Waals surface area contributed by atoms with Crippen LogP contribution in [0.4, 0.5) is 4.39 Å². The summed E-state index contributed by atoms with van der Waals surface area (Å²) in [5.74, 6) is -0.680. The van der Waals surface area contributed by atoms with Crippen molar-refractivity contribution in [2.75, 3.05) is 46.3 Å². The van der Waals surface area contributed by atoms with Crippen LogP contribution >= 0.6 is 11.3 Å². The molecule has 0 bridgehead atoms. The second-order valence-corrected chi connectivity index (χ2v) is 11.7. The summed E-state index contributed by atoms with van der Waals surface area (Å²) in [6, 6.07) is 8.10. The predicted octanol–water partition coefficient (Wildman–Crippen LogP) is 1.83. The van der Waals surface area contributed by atoms with E-state index in [-0.39, 0.29) is 28.9 Å². The van der Waals surface area contributed by atoms with Crippen molar-refractivity contribution >= 4 is 44.3 Å². The van der Waals surface area contributed by atoms with E-state index in [1.165, 1.54) is 18.3 Å². The van der Waals surface area contributed by atoms with E-state index in [9.17, 15) is 14.4 Å². The number of hydrogen-bond acceptors (Lipinski definition) is 7. The Balaban J connectivity index is 1.44. The van der Waals surface area contributed by atoms with Crippen LogP contribution in [0.15, 0.2) is 45.7 Å². The lowest BCUT2D eigenvalue weighted by atomic mass is 10.1. The minimum Gasteiger partial charge on any atom is -0.352 e. The maximum Gasteiger partial charge on any atom is 0.258 e. The number of benzene rings is 1. The summed E-state index contributed by atoms with van der Waals surface area (Å²) < 4.78 is 18.3. The summed E-state index contributed by atoms with van der Waals surface area (Å²) in [6.45, 7) is 4.91. The Morgan fingerprint density at radius 1 is 1.15 bits per heavy atom. The number of nitrogens with one attached hydrogen (secondary N) is 1. The largest absolute Gasteiger partial charge is 0.352 e. The molecule has 6 rings (SSSR count). The van der Waals surface area contributed by atoms with Crippen LogP contribution in [0, 0.1) is 0 Å². The third kappa shape index (κ3) is 4.71. The van der Waals surface area contributed by atoms with Crippen LogP contribution in [0.3, 0.4) is 0 Å². The van der Waals surface area contributed by atoms with Gasteiger partial charge in [0, 0.05) is 52.1 Å². The first kappa shape index (κ1) is 26.6. The van der Waals surface area contributed by atoms with E-state index in [1.54, 1.807) is 11.0 Å². The number of thiazole rings is 1. The van der Waals surface area contributed by atoms with Gasteiger partial charge in [0.15, 0.2) is 11.3 Å². The molecule has 5 heterocycles.